The fourth-order valence-electron chi connectivity index (χ4n) is 4.84. The first-order valence-electron chi connectivity index (χ1n) is 11.4. The summed E-state index contributed by atoms with van der Waals surface area (Å²) in [7, 11) is 0. The lowest BCUT2D eigenvalue weighted by Crippen LogP contribution is -2.35. The summed E-state index contributed by atoms with van der Waals surface area (Å²) in [5.74, 6) is -0.696. The van der Waals surface area contributed by atoms with Crippen LogP contribution in [-0.4, -0.2) is 41.4 Å². The minimum atomic E-state index is -1.07. The zero-order chi connectivity index (χ0) is 24.7. The van der Waals surface area contributed by atoms with E-state index in [1.165, 1.54) is 10.6 Å². The second kappa shape index (κ2) is 9.10. The number of benzene rings is 1. The summed E-state index contributed by atoms with van der Waals surface area (Å²) in [6, 6.07) is 6.29. The number of hydrogen-bond donors (Lipinski definition) is 1. The minimum absolute atomic E-state index is 0.0340. The Bertz CT molecular complexity index is 1390. The Balaban J connectivity index is 1.63. The number of halogens is 2. The molecule has 2 aliphatic rings. The van der Waals surface area contributed by atoms with Crippen LogP contribution in [-0.2, 0) is 4.74 Å². The molecule has 8 nitrogen and oxygen atoms in total. The predicted molar refractivity (Wildman–Crippen MR) is 126 cm³/mol. The fourth-order valence-corrected chi connectivity index (χ4v) is 4.84. The van der Waals surface area contributed by atoms with E-state index in [-0.39, 0.29) is 41.0 Å². The number of nitrogens with two attached hydrogens (primary N) is 1. The summed E-state index contributed by atoms with van der Waals surface area (Å²) in [6.45, 7) is 3.10. The molecule has 0 spiro atoms. The van der Waals surface area contributed by atoms with Crippen molar-refractivity contribution in [1.82, 2.24) is 9.55 Å². The number of rotatable bonds is 4. The lowest BCUT2D eigenvalue weighted by atomic mass is 9.83. The van der Waals surface area contributed by atoms with Crippen LogP contribution in [0.1, 0.15) is 13.3 Å². The Morgan fingerprint density at radius 1 is 1.23 bits per heavy atom. The van der Waals surface area contributed by atoms with Gasteiger partial charge in [-0.15, -0.1) is 0 Å². The SMILES string of the molecule is CCOC(=O)Oc1cn(-c2ccc(F)cc2F)c2nc(N3CC4CC=CC(N)C4C3)ccc2c1=O. The molecule has 3 unspecified atom stereocenters. The van der Waals surface area contributed by atoms with Crippen LogP contribution in [0.25, 0.3) is 16.7 Å². The van der Waals surface area contributed by atoms with Crippen molar-refractivity contribution in [2.24, 2.45) is 17.6 Å². The number of carbonyl (C=O) groups excluding carboxylic acids is 1. The Hall–Kier alpha value is -3.79. The Morgan fingerprint density at radius 2 is 2.06 bits per heavy atom. The highest BCUT2D eigenvalue weighted by Crippen LogP contribution is 2.35. The van der Waals surface area contributed by atoms with Gasteiger partial charge >= 0.3 is 6.16 Å². The molecule has 10 heteroatoms. The average Bonchev–Trinajstić information content (AvgIpc) is 3.27. The Labute approximate surface area is 199 Å². The number of carbonyl (C=O) groups is 1. The number of allylic oxidation sites excluding steroid dienone is 1. The van der Waals surface area contributed by atoms with Crippen molar-refractivity contribution < 1.29 is 23.0 Å². The zero-order valence-electron chi connectivity index (χ0n) is 19.0. The summed E-state index contributed by atoms with van der Waals surface area (Å²) >= 11 is 0. The number of ether oxygens (including phenoxy) is 2. The van der Waals surface area contributed by atoms with Crippen LogP contribution in [0.3, 0.4) is 0 Å². The number of anilines is 1. The van der Waals surface area contributed by atoms with Crippen LogP contribution in [0.15, 0.2) is 53.5 Å². The van der Waals surface area contributed by atoms with Gasteiger partial charge in [-0.1, -0.05) is 12.2 Å². The molecule has 0 radical (unpaired) electrons. The maximum absolute atomic E-state index is 14.8. The van der Waals surface area contributed by atoms with E-state index in [2.05, 4.69) is 11.0 Å². The molecule has 2 aromatic heterocycles. The molecule has 1 aliphatic heterocycles. The van der Waals surface area contributed by atoms with E-state index >= 15 is 0 Å². The van der Waals surface area contributed by atoms with Gasteiger partial charge in [0.05, 0.1) is 23.9 Å². The zero-order valence-corrected chi connectivity index (χ0v) is 19.0. The summed E-state index contributed by atoms with van der Waals surface area (Å²) in [6.07, 6.45) is 5.16. The first-order valence-corrected chi connectivity index (χ1v) is 11.4. The normalized spacial score (nSPS) is 21.3. The maximum atomic E-state index is 14.8. The van der Waals surface area contributed by atoms with Crippen LogP contribution >= 0.6 is 0 Å². The summed E-state index contributed by atoms with van der Waals surface area (Å²) in [5.41, 5.74) is 5.76. The summed E-state index contributed by atoms with van der Waals surface area (Å²) < 4.78 is 39.5. The summed E-state index contributed by atoms with van der Waals surface area (Å²) in [5, 5.41) is 0.106. The number of nitrogens with zero attached hydrogens (tertiary/aromatic N) is 3. The van der Waals surface area contributed by atoms with E-state index in [1.807, 2.05) is 6.08 Å². The van der Waals surface area contributed by atoms with Crippen LogP contribution in [0.4, 0.5) is 19.4 Å². The molecule has 5 rings (SSSR count). The van der Waals surface area contributed by atoms with E-state index in [4.69, 9.17) is 20.2 Å². The molecule has 35 heavy (non-hydrogen) atoms. The third-order valence-corrected chi connectivity index (χ3v) is 6.54. The minimum Gasteiger partial charge on any atom is -0.434 e. The quantitative estimate of drug-likeness (QED) is 0.449. The number of fused-ring (bicyclic) bond motifs is 2. The van der Waals surface area contributed by atoms with E-state index in [0.29, 0.717) is 18.3 Å². The van der Waals surface area contributed by atoms with Crippen molar-refractivity contribution in [1.29, 1.82) is 0 Å². The molecule has 3 atom stereocenters. The molecule has 0 bridgehead atoms. The third kappa shape index (κ3) is 4.25. The van der Waals surface area contributed by atoms with Crippen LogP contribution in [0.5, 0.6) is 5.75 Å². The highest BCUT2D eigenvalue weighted by Gasteiger charge is 2.37. The highest BCUT2D eigenvalue weighted by molar-refractivity contribution is 5.81. The van der Waals surface area contributed by atoms with Gasteiger partial charge in [0.15, 0.2) is 11.4 Å². The summed E-state index contributed by atoms with van der Waals surface area (Å²) in [4.78, 5) is 31.8. The van der Waals surface area contributed by atoms with Gasteiger partial charge in [-0.05, 0) is 49.4 Å². The maximum Gasteiger partial charge on any atom is 0.514 e. The lowest BCUT2D eigenvalue weighted by molar-refractivity contribution is 0.104. The first-order chi connectivity index (χ1) is 16.9. The molecule has 1 aliphatic carbocycles. The first kappa shape index (κ1) is 23.0. The van der Waals surface area contributed by atoms with Gasteiger partial charge in [-0.25, -0.2) is 18.6 Å². The van der Waals surface area contributed by atoms with Crippen LogP contribution < -0.4 is 20.8 Å². The highest BCUT2D eigenvalue weighted by atomic mass is 19.1. The van der Waals surface area contributed by atoms with E-state index in [1.54, 1.807) is 19.1 Å². The van der Waals surface area contributed by atoms with E-state index in [9.17, 15) is 18.4 Å². The van der Waals surface area contributed by atoms with Crippen molar-refractivity contribution in [2.45, 2.75) is 19.4 Å². The Morgan fingerprint density at radius 3 is 2.80 bits per heavy atom. The second-order valence-electron chi connectivity index (χ2n) is 8.68. The third-order valence-electron chi connectivity index (χ3n) is 6.54. The standard InChI is InChI=1S/C25H24F2N4O4/c1-2-34-25(33)35-21-13-31(20-8-6-15(26)10-18(20)27)24-16(23(21)32)7-9-22(29-24)30-11-14-4-3-5-19(28)17(14)12-30/h3,5-10,13-14,17,19H,2,4,11-12,28H2,1H3. The van der Waals surface area contributed by atoms with Crippen molar-refractivity contribution >= 4 is 23.0 Å². The monoisotopic (exact) mass is 482 g/mol. The number of pyridine rings is 2. The van der Waals surface area contributed by atoms with Crippen LogP contribution in [0, 0.1) is 23.5 Å². The van der Waals surface area contributed by atoms with Crippen molar-refractivity contribution in [2.75, 3.05) is 24.6 Å². The molecule has 3 heterocycles. The van der Waals surface area contributed by atoms with Gasteiger partial charge in [0.25, 0.3) is 0 Å². The molecule has 1 fully saturated rings. The average molecular weight is 482 g/mol. The number of hydrogen-bond acceptors (Lipinski definition) is 7. The molecule has 182 valence electrons. The molecule has 0 amide bonds. The molecule has 1 aromatic carbocycles. The molecule has 3 aromatic rings. The van der Waals surface area contributed by atoms with Gasteiger partial charge in [0.2, 0.25) is 5.43 Å². The smallest absolute Gasteiger partial charge is 0.434 e. The van der Waals surface area contributed by atoms with Crippen LogP contribution in [0.2, 0.25) is 0 Å². The van der Waals surface area contributed by atoms with Gasteiger partial charge < -0.3 is 20.1 Å². The lowest BCUT2D eigenvalue weighted by Gasteiger charge is -2.25. The molecular formula is C25H24F2N4O4. The largest absolute Gasteiger partial charge is 0.514 e. The molecular weight excluding hydrogens is 458 g/mol. The van der Waals surface area contributed by atoms with Crippen molar-refractivity contribution in [3.05, 3.63) is 70.5 Å². The molecule has 1 saturated heterocycles. The van der Waals surface area contributed by atoms with Gasteiger partial charge in [0.1, 0.15) is 17.5 Å². The topological polar surface area (TPSA) is 99.7 Å². The van der Waals surface area contributed by atoms with Crippen molar-refractivity contribution in [3.8, 4) is 11.4 Å². The second-order valence-corrected chi connectivity index (χ2v) is 8.68. The van der Waals surface area contributed by atoms with Gasteiger partial charge in [-0.2, -0.15) is 0 Å². The van der Waals surface area contributed by atoms with Crippen molar-refractivity contribution in [3.63, 3.8) is 0 Å². The number of aromatic nitrogens is 2. The van der Waals surface area contributed by atoms with E-state index < -0.39 is 23.2 Å². The molecule has 2 N–H and O–H groups in total. The molecule has 0 saturated carbocycles. The van der Waals surface area contributed by atoms with Gasteiger partial charge in [-0.3, -0.25) is 9.36 Å². The Kier molecular flexibility index (Phi) is 5.98. The van der Waals surface area contributed by atoms with Gasteiger partial charge in [0, 0.05) is 25.2 Å². The predicted octanol–water partition coefficient (Wildman–Crippen LogP) is 3.54. The van der Waals surface area contributed by atoms with E-state index in [0.717, 1.165) is 31.3 Å². The fraction of sp³-hybridized carbons (Fsp3) is 0.320.